The maximum Gasteiger partial charge on any atom is 0.194 e. The van der Waals surface area contributed by atoms with Gasteiger partial charge in [-0.05, 0) is 72.7 Å². The van der Waals surface area contributed by atoms with E-state index in [0.717, 1.165) is 56.0 Å². The fourth-order valence-corrected chi connectivity index (χ4v) is 5.71. The number of aromatic nitrogens is 1. The number of para-hydroxylation sites is 1. The minimum Gasteiger partial charge on any atom is -0.497 e. The molecule has 40 heavy (non-hydrogen) atoms. The molecule has 5 aromatic rings. The Morgan fingerprint density at radius 2 is 1.62 bits per heavy atom. The molecule has 6 rings (SSSR count). The molecule has 198 valence electrons. The number of rotatable bonds is 5. The minimum absolute atomic E-state index is 0.109. The Kier molecular flexibility index (Phi) is 7.20. The molecule has 0 amide bonds. The average Bonchev–Trinajstić information content (AvgIpc) is 3.43. The second kappa shape index (κ2) is 11.1. The molecule has 1 N–H and O–H groups in total. The molecule has 5 nitrogen and oxygen atoms in total. The first kappa shape index (κ1) is 26.0. The summed E-state index contributed by atoms with van der Waals surface area (Å²) in [5.41, 5.74) is 7.88. The number of hydrogen-bond acceptors (Lipinski definition) is 4. The predicted octanol–water partition coefficient (Wildman–Crippen LogP) is 8.42. The zero-order chi connectivity index (χ0) is 27.6. The van der Waals surface area contributed by atoms with Gasteiger partial charge in [-0.2, -0.15) is 5.10 Å². The van der Waals surface area contributed by atoms with Crippen LogP contribution in [0.3, 0.4) is 0 Å². The summed E-state index contributed by atoms with van der Waals surface area (Å²) in [7, 11) is 1.67. The molecular formula is C33H27ClN4OS. The zero-order valence-electron chi connectivity index (χ0n) is 22.1. The summed E-state index contributed by atoms with van der Waals surface area (Å²) in [5, 5.41) is 12.6. The summed E-state index contributed by atoms with van der Waals surface area (Å²) in [6.07, 6.45) is 0.650. The molecular weight excluding hydrogens is 536 g/mol. The molecule has 0 spiro atoms. The van der Waals surface area contributed by atoms with Gasteiger partial charge in [-0.25, -0.2) is 5.01 Å². The Hall–Kier alpha value is -4.26. The van der Waals surface area contributed by atoms with Crippen molar-refractivity contribution in [3.8, 4) is 16.9 Å². The number of nitrogens with zero attached hydrogens (tertiary/aromatic N) is 3. The van der Waals surface area contributed by atoms with Gasteiger partial charge in [0.1, 0.15) is 5.75 Å². The molecule has 0 radical (unpaired) electrons. The van der Waals surface area contributed by atoms with Crippen LogP contribution in [0.5, 0.6) is 5.75 Å². The summed E-state index contributed by atoms with van der Waals surface area (Å²) >= 11 is 12.4. The van der Waals surface area contributed by atoms with E-state index >= 15 is 0 Å². The Bertz CT molecular complexity index is 1720. The number of methoxy groups -OCH3 is 1. The van der Waals surface area contributed by atoms with Crippen LogP contribution in [0.2, 0.25) is 5.02 Å². The number of pyridine rings is 1. The Labute approximate surface area is 244 Å². The standard InChI is InChI=1S/C33H27ClN4OS/c1-21-31(32(23-9-5-3-6-10-23)27-19-24(34)15-18-28(27)35-21)29-20-30(22-13-16-26(39-2)17-14-22)38(37-29)33(40)36-25-11-7-4-8-12-25/h3-19,30H,20H2,1-2H3,(H,36,40). The van der Waals surface area contributed by atoms with Crippen molar-refractivity contribution in [3.05, 3.63) is 125 Å². The largest absolute Gasteiger partial charge is 0.497 e. The van der Waals surface area contributed by atoms with E-state index in [4.69, 9.17) is 38.6 Å². The van der Waals surface area contributed by atoms with E-state index in [9.17, 15) is 0 Å². The lowest BCUT2D eigenvalue weighted by Crippen LogP contribution is -2.31. The molecule has 0 saturated heterocycles. The van der Waals surface area contributed by atoms with Crippen molar-refractivity contribution >= 4 is 51.2 Å². The van der Waals surface area contributed by atoms with Crippen LogP contribution in [0.1, 0.15) is 29.3 Å². The van der Waals surface area contributed by atoms with Gasteiger partial charge in [0.15, 0.2) is 5.11 Å². The van der Waals surface area contributed by atoms with Gasteiger partial charge in [-0.3, -0.25) is 4.98 Å². The fraction of sp³-hybridized carbons (Fsp3) is 0.121. The van der Waals surface area contributed by atoms with Crippen molar-refractivity contribution in [3.63, 3.8) is 0 Å². The van der Waals surface area contributed by atoms with Crippen molar-refractivity contribution in [1.82, 2.24) is 9.99 Å². The summed E-state index contributed by atoms with van der Waals surface area (Å²) in [5.74, 6) is 0.803. The van der Waals surface area contributed by atoms with Gasteiger partial charge >= 0.3 is 0 Å². The number of nitrogens with one attached hydrogen (secondary N) is 1. The molecule has 7 heteroatoms. The Balaban J connectivity index is 1.51. The van der Waals surface area contributed by atoms with Crippen LogP contribution in [0.15, 0.2) is 108 Å². The Morgan fingerprint density at radius 1 is 0.925 bits per heavy atom. The topological polar surface area (TPSA) is 49.8 Å². The van der Waals surface area contributed by atoms with Crippen LogP contribution in [0, 0.1) is 6.92 Å². The zero-order valence-corrected chi connectivity index (χ0v) is 23.7. The second-order valence-corrected chi connectivity index (χ2v) is 10.5. The lowest BCUT2D eigenvalue weighted by atomic mass is 9.89. The number of fused-ring (bicyclic) bond motifs is 1. The number of thiocarbonyl (C=S) groups is 1. The number of hydrazone groups is 1. The van der Waals surface area contributed by atoms with Crippen molar-refractivity contribution in [2.75, 3.05) is 12.4 Å². The number of aryl methyl sites for hydroxylation is 1. The molecule has 1 aliphatic rings. The third-order valence-electron chi connectivity index (χ3n) is 7.12. The maximum absolute atomic E-state index is 6.50. The highest BCUT2D eigenvalue weighted by molar-refractivity contribution is 7.80. The monoisotopic (exact) mass is 562 g/mol. The molecule has 1 aromatic heterocycles. The number of benzene rings is 4. The van der Waals surface area contributed by atoms with Crippen molar-refractivity contribution in [2.24, 2.45) is 5.10 Å². The average molecular weight is 563 g/mol. The highest BCUT2D eigenvalue weighted by atomic mass is 35.5. The molecule has 1 aliphatic heterocycles. The Morgan fingerprint density at radius 3 is 2.33 bits per heavy atom. The van der Waals surface area contributed by atoms with E-state index in [2.05, 4.69) is 29.6 Å². The quantitative estimate of drug-likeness (QED) is 0.218. The molecule has 0 aliphatic carbocycles. The van der Waals surface area contributed by atoms with Crippen LogP contribution in [-0.2, 0) is 0 Å². The number of ether oxygens (including phenoxy) is 1. The number of halogens is 1. The van der Waals surface area contributed by atoms with Crippen molar-refractivity contribution < 1.29 is 4.74 Å². The first-order valence-corrected chi connectivity index (χ1v) is 13.8. The van der Waals surface area contributed by atoms with E-state index in [0.29, 0.717) is 16.6 Å². The smallest absolute Gasteiger partial charge is 0.194 e. The SMILES string of the molecule is COc1ccc(C2CC(c3c(C)nc4ccc(Cl)cc4c3-c3ccccc3)=NN2C(=S)Nc2ccccc2)cc1. The van der Waals surface area contributed by atoms with Gasteiger partial charge in [0, 0.05) is 39.3 Å². The highest BCUT2D eigenvalue weighted by Gasteiger charge is 2.34. The lowest BCUT2D eigenvalue weighted by molar-refractivity contribution is 0.374. The first-order chi connectivity index (χ1) is 19.5. The van der Waals surface area contributed by atoms with Crippen LogP contribution >= 0.6 is 23.8 Å². The van der Waals surface area contributed by atoms with E-state index < -0.39 is 0 Å². The predicted molar refractivity (Wildman–Crippen MR) is 168 cm³/mol. The molecule has 4 aromatic carbocycles. The van der Waals surface area contributed by atoms with E-state index in [1.165, 1.54) is 0 Å². The highest BCUT2D eigenvalue weighted by Crippen LogP contribution is 2.40. The van der Waals surface area contributed by atoms with Crippen LogP contribution < -0.4 is 10.1 Å². The third-order valence-corrected chi connectivity index (χ3v) is 7.65. The van der Waals surface area contributed by atoms with Gasteiger partial charge in [-0.1, -0.05) is 72.3 Å². The molecule has 0 saturated carbocycles. The number of anilines is 1. The number of hydrogen-bond donors (Lipinski definition) is 1. The van der Waals surface area contributed by atoms with E-state index in [-0.39, 0.29) is 6.04 Å². The molecule has 0 bridgehead atoms. The van der Waals surface area contributed by atoms with Crippen molar-refractivity contribution in [2.45, 2.75) is 19.4 Å². The third kappa shape index (κ3) is 5.04. The lowest BCUT2D eigenvalue weighted by Gasteiger charge is -2.25. The molecule has 0 fully saturated rings. The second-order valence-electron chi connectivity index (χ2n) is 9.66. The van der Waals surface area contributed by atoms with E-state index in [1.807, 2.05) is 90.8 Å². The van der Waals surface area contributed by atoms with Crippen LogP contribution in [0.4, 0.5) is 5.69 Å². The molecule has 1 atom stereocenters. The van der Waals surface area contributed by atoms with Crippen molar-refractivity contribution in [1.29, 1.82) is 0 Å². The molecule has 2 heterocycles. The van der Waals surface area contributed by atoms with Gasteiger partial charge < -0.3 is 10.1 Å². The van der Waals surface area contributed by atoms with Gasteiger partial charge in [0.2, 0.25) is 0 Å². The first-order valence-electron chi connectivity index (χ1n) is 13.0. The van der Waals surface area contributed by atoms with Gasteiger partial charge in [-0.15, -0.1) is 0 Å². The fourth-order valence-electron chi connectivity index (χ4n) is 5.25. The van der Waals surface area contributed by atoms with Gasteiger partial charge in [0.25, 0.3) is 0 Å². The van der Waals surface area contributed by atoms with Crippen LogP contribution in [-0.4, -0.2) is 27.9 Å². The molecule has 1 unspecified atom stereocenters. The summed E-state index contributed by atoms with van der Waals surface area (Å²) < 4.78 is 5.41. The van der Waals surface area contributed by atoms with Gasteiger partial charge in [0.05, 0.1) is 24.4 Å². The minimum atomic E-state index is -0.109. The normalized spacial score (nSPS) is 14.7. The summed E-state index contributed by atoms with van der Waals surface area (Å²) in [6.45, 7) is 2.05. The maximum atomic E-state index is 6.50. The summed E-state index contributed by atoms with van der Waals surface area (Å²) in [6, 6.07) is 34.1. The van der Waals surface area contributed by atoms with Crippen LogP contribution in [0.25, 0.3) is 22.0 Å². The summed E-state index contributed by atoms with van der Waals surface area (Å²) in [4.78, 5) is 4.98. The van der Waals surface area contributed by atoms with E-state index in [1.54, 1.807) is 7.11 Å².